The lowest BCUT2D eigenvalue weighted by molar-refractivity contribution is -0.0874. The highest BCUT2D eigenvalue weighted by molar-refractivity contribution is 5.68. The van der Waals surface area contributed by atoms with Crippen LogP contribution in [0.2, 0.25) is 0 Å². The number of morpholine rings is 1. The van der Waals surface area contributed by atoms with E-state index in [1.807, 2.05) is 0 Å². The van der Waals surface area contributed by atoms with Crippen molar-refractivity contribution in [3.63, 3.8) is 0 Å². The van der Waals surface area contributed by atoms with Crippen LogP contribution in [0, 0.1) is 0 Å². The summed E-state index contributed by atoms with van der Waals surface area (Å²) in [6, 6.07) is 0. The number of carbonyl (C=O) groups excluding carboxylic acids is 1. The molecule has 0 N–H and O–H groups in total. The summed E-state index contributed by atoms with van der Waals surface area (Å²) in [7, 11) is 1.58. The lowest BCUT2D eigenvalue weighted by Gasteiger charge is -2.28. The predicted molar refractivity (Wildman–Crippen MR) is 55.1 cm³/mol. The Morgan fingerprint density at radius 1 is 1.41 bits per heavy atom. The molecule has 2 fully saturated rings. The van der Waals surface area contributed by atoms with Crippen LogP contribution in [0.5, 0.6) is 0 Å². The second-order valence-corrected chi connectivity index (χ2v) is 4.43. The van der Waals surface area contributed by atoms with E-state index < -0.39 is 18.1 Å². The fourth-order valence-electron chi connectivity index (χ4n) is 2.01. The van der Waals surface area contributed by atoms with Crippen molar-refractivity contribution < 1.29 is 23.0 Å². The molecule has 0 saturated carbocycles. The van der Waals surface area contributed by atoms with Crippen LogP contribution >= 0.6 is 0 Å². The Morgan fingerprint density at radius 3 is 2.59 bits per heavy atom. The molecular weight excluding hydrogens is 234 g/mol. The van der Waals surface area contributed by atoms with Crippen LogP contribution in [0.15, 0.2) is 0 Å². The van der Waals surface area contributed by atoms with Crippen LogP contribution in [0.1, 0.15) is 0 Å². The summed E-state index contributed by atoms with van der Waals surface area (Å²) in [6.07, 6.45) is -2.02. The van der Waals surface area contributed by atoms with E-state index in [0.717, 1.165) is 0 Å². The van der Waals surface area contributed by atoms with Gasteiger partial charge in [-0.15, -0.1) is 0 Å². The number of halogens is 2. The lowest BCUT2D eigenvalue weighted by atomic mass is 10.2. The van der Waals surface area contributed by atoms with E-state index in [-0.39, 0.29) is 13.1 Å². The summed E-state index contributed by atoms with van der Waals surface area (Å²) in [5, 5.41) is 0. The minimum atomic E-state index is -2.96. The van der Waals surface area contributed by atoms with Crippen molar-refractivity contribution in [1.82, 2.24) is 9.80 Å². The minimum Gasteiger partial charge on any atom is -0.438 e. The molecule has 0 spiro atoms. The number of nitrogens with zero attached hydrogens (tertiary/aromatic N) is 2. The zero-order valence-corrected chi connectivity index (χ0v) is 9.70. The van der Waals surface area contributed by atoms with Crippen molar-refractivity contribution in [1.29, 1.82) is 0 Å². The van der Waals surface area contributed by atoms with Gasteiger partial charge in [-0.3, -0.25) is 4.90 Å². The Balaban J connectivity index is 1.89. The molecule has 98 valence electrons. The molecule has 1 atom stereocenters. The van der Waals surface area contributed by atoms with E-state index in [0.29, 0.717) is 26.3 Å². The largest absolute Gasteiger partial charge is 0.438 e. The van der Waals surface area contributed by atoms with Gasteiger partial charge in [-0.1, -0.05) is 0 Å². The van der Waals surface area contributed by atoms with Crippen LogP contribution in [0.3, 0.4) is 0 Å². The highest BCUT2D eigenvalue weighted by Gasteiger charge is 2.49. The lowest BCUT2D eigenvalue weighted by Crippen LogP contribution is -2.45. The normalized spacial score (nSPS) is 29.4. The maximum Gasteiger partial charge on any atom is 0.410 e. The van der Waals surface area contributed by atoms with E-state index in [1.54, 1.807) is 7.05 Å². The van der Waals surface area contributed by atoms with Crippen molar-refractivity contribution >= 4 is 6.09 Å². The number of ether oxygens (including phenoxy) is 2. The Morgan fingerprint density at radius 2 is 2.06 bits per heavy atom. The van der Waals surface area contributed by atoms with Crippen molar-refractivity contribution in [3.05, 3.63) is 0 Å². The predicted octanol–water partition coefficient (Wildman–Crippen LogP) is 0.404. The van der Waals surface area contributed by atoms with Gasteiger partial charge in [-0.2, -0.15) is 0 Å². The number of amides is 1. The Bertz CT molecular complexity index is 295. The molecule has 0 aromatic carbocycles. The number of hydrogen-bond acceptors (Lipinski definition) is 4. The zero-order chi connectivity index (χ0) is 12.5. The van der Waals surface area contributed by atoms with Crippen molar-refractivity contribution in [2.75, 3.05) is 46.4 Å². The molecule has 1 amide bonds. The van der Waals surface area contributed by atoms with Gasteiger partial charge in [0.25, 0.3) is 5.92 Å². The third-order valence-corrected chi connectivity index (χ3v) is 2.94. The van der Waals surface area contributed by atoms with E-state index in [4.69, 9.17) is 9.47 Å². The second kappa shape index (κ2) is 4.73. The van der Waals surface area contributed by atoms with Gasteiger partial charge in [-0.25, -0.2) is 13.6 Å². The van der Waals surface area contributed by atoms with Crippen LogP contribution in [0.4, 0.5) is 13.6 Å². The van der Waals surface area contributed by atoms with Gasteiger partial charge in [0.05, 0.1) is 19.8 Å². The first-order valence-electron chi connectivity index (χ1n) is 5.59. The molecule has 1 unspecified atom stereocenters. The average molecular weight is 250 g/mol. The molecule has 2 aliphatic rings. The molecule has 7 heteroatoms. The molecule has 2 aliphatic heterocycles. The fraction of sp³-hybridized carbons (Fsp3) is 0.900. The topological polar surface area (TPSA) is 42.0 Å². The maximum absolute atomic E-state index is 13.4. The van der Waals surface area contributed by atoms with E-state index in [9.17, 15) is 13.6 Å². The van der Waals surface area contributed by atoms with Crippen molar-refractivity contribution in [2.24, 2.45) is 0 Å². The molecule has 0 bridgehead atoms. The fourth-order valence-corrected chi connectivity index (χ4v) is 2.01. The van der Waals surface area contributed by atoms with E-state index in [2.05, 4.69) is 0 Å². The first-order valence-corrected chi connectivity index (χ1v) is 5.59. The number of likely N-dealkylation sites (tertiary alicyclic amines) is 1. The first-order chi connectivity index (χ1) is 7.99. The molecule has 2 rings (SSSR count). The third-order valence-electron chi connectivity index (χ3n) is 2.94. The van der Waals surface area contributed by atoms with Gasteiger partial charge in [0.1, 0.15) is 0 Å². The number of hydrogen-bond donors (Lipinski definition) is 0. The Labute approximate surface area is 98.3 Å². The van der Waals surface area contributed by atoms with Gasteiger partial charge >= 0.3 is 6.09 Å². The summed E-state index contributed by atoms with van der Waals surface area (Å²) in [5.74, 6) is -2.96. The Kier molecular flexibility index (Phi) is 3.48. The molecule has 0 aromatic rings. The van der Waals surface area contributed by atoms with Crippen LogP contribution < -0.4 is 0 Å². The van der Waals surface area contributed by atoms with Gasteiger partial charge in [0, 0.05) is 19.6 Å². The molecule has 5 nitrogen and oxygen atoms in total. The molecular formula is C10H16F2N2O3. The number of carbonyl (C=O) groups is 1. The SMILES string of the molecule is CN1CC(OC(=O)N2CCOCC2)C(F)(F)C1. The van der Waals surface area contributed by atoms with E-state index in [1.165, 1.54) is 9.80 Å². The number of alkyl halides is 2. The minimum absolute atomic E-state index is 0.0725. The first kappa shape index (κ1) is 12.5. The summed E-state index contributed by atoms with van der Waals surface area (Å²) in [4.78, 5) is 14.5. The molecule has 0 aromatic heterocycles. The average Bonchev–Trinajstić information content (AvgIpc) is 2.53. The molecule has 2 heterocycles. The van der Waals surface area contributed by atoms with Crippen LogP contribution in [-0.4, -0.2) is 74.4 Å². The molecule has 0 aliphatic carbocycles. The van der Waals surface area contributed by atoms with Gasteiger partial charge in [0.15, 0.2) is 6.10 Å². The monoisotopic (exact) mass is 250 g/mol. The van der Waals surface area contributed by atoms with Gasteiger partial charge in [0.2, 0.25) is 0 Å². The number of likely N-dealkylation sites (N-methyl/N-ethyl adjacent to an activating group) is 1. The van der Waals surface area contributed by atoms with E-state index >= 15 is 0 Å². The van der Waals surface area contributed by atoms with Crippen LogP contribution in [0.25, 0.3) is 0 Å². The summed E-state index contributed by atoms with van der Waals surface area (Å²) in [5.41, 5.74) is 0. The summed E-state index contributed by atoms with van der Waals surface area (Å²) >= 11 is 0. The molecule has 2 saturated heterocycles. The highest BCUT2D eigenvalue weighted by atomic mass is 19.3. The van der Waals surface area contributed by atoms with Gasteiger partial charge < -0.3 is 14.4 Å². The highest BCUT2D eigenvalue weighted by Crippen LogP contribution is 2.29. The third kappa shape index (κ3) is 2.84. The van der Waals surface area contributed by atoms with Crippen molar-refractivity contribution in [2.45, 2.75) is 12.0 Å². The van der Waals surface area contributed by atoms with Crippen LogP contribution in [-0.2, 0) is 9.47 Å². The molecule has 0 radical (unpaired) electrons. The standard InChI is InChI=1S/C10H16F2N2O3/c1-13-6-8(10(11,12)7-13)17-9(15)14-2-4-16-5-3-14/h8H,2-7H2,1H3. The second-order valence-electron chi connectivity index (χ2n) is 4.43. The quantitative estimate of drug-likeness (QED) is 0.676. The van der Waals surface area contributed by atoms with Gasteiger partial charge in [-0.05, 0) is 7.05 Å². The number of rotatable bonds is 1. The molecule has 17 heavy (non-hydrogen) atoms. The maximum atomic E-state index is 13.4. The van der Waals surface area contributed by atoms with Crippen molar-refractivity contribution in [3.8, 4) is 0 Å². The summed E-state index contributed by atoms with van der Waals surface area (Å²) in [6.45, 7) is 1.35. The smallest absolute Gasteiger partial charge is 0.410 e. The zero-order valence-electron chi connectivity index (χ0n) is 9.70. The summed E-state index contributed by atoms with van der Waals surface area (Å²) < 4.78 is 36.8. The Hall–Kier alpha value is -0.950.